The molecule has 0 unspecified atom stereocenters. The summed E-state index contributed by atoms with van der Waals surface area (Å²) in [6, 6.07) is 9.79. The highest BCUT2D eigenvalue weighted by atomic mass is 32.2. The molecule has 0 spiro atoms. The molecule has 2 heterocycles. The fourth-order valence-corrected chi connectivity index (χ4v) is 2.90. The SMILES string of the molecule is Cc1ccc(/C=C2/SC(=Nc3cc(C(C)(C)C)on3)NC2=O)cc1. The van der Waals surface area contributed by atoms with Gasteiger partial charge in [0.15, 0.2) is 11.0 Å². The van der Waals surface area contributed by atoms with E-state index in [-0.39, 0.29) is 11.3 Å². The van der Waals surface area contributed by atoms with E-state index < -0.39 is 0 Å². The monoisotopic (exact) mass is 341 g/mol. The molecule has 124 valence electrons. The molecule has 0 aliphatic carbocycles. The molecular weight excluding hydrogens is 322 g/mol. The Balaban J connectivity index is 1.79. The molecule has 1 aromatic heterocycles. The maximum atomic E-state index is 12.1. The van der Waals surface area contributed by atoms with Crippen LogP contribution in [-0.2, 0) is 10.2 Å². The first-order chi connectivity index (χ1) is 11.3. The number of amides is 1. The van der Waals surface area contributed by atoms with Gasteiger partial charge in [0.05, 0.1) is 4.91 Å². The number of benzene rings is 1. The first-order valence-electron chi connectivity index (χ1n) is 7.65. The summed E-state index contributed by atoms with van der Waals surface area (Å²) >= 11 is 1.30. The van der Waals surface area contributed by atoms with E-state index >= 15 is 0 Å². The highest BCUT2D eigenvalue weighted by Gasteiger charge is 2.25. The summed E-state index contributed by atoms with van der Waals surface area (Å²) in [6.45, 7) is 8.15. The lowest BCUT2D eigenvalue weighted by Gasteiger charge is -2.11. The molecule has 1 aliphatic heterocycles. The number of aryl methyl sites for hydroxylation is 1. The summed E-state index contributed by atoms with van der Waals surface area (Å²) in [4.78, 5) is 17.0. The minimum atomic E-state index is -0.154. The van der Waals surface area contributed by atoms with Gasteiger partial charge in [-0.2, -0.15) is 0 Å². The molecule has 0 bridgehead atoms. The Kier molecular flexibility index (Phi) is 4.32. The van der Waals surface area contributed by atoms with Crippen LogP contribution < -0.4 is 5.32 Å². The van der Waals surface area contributed by atoms with E-state index in [9.17, 15) is 4.79 Å². The van der Waals surface area contributed by atoms with Crippen LogP contribution in [0, 0.1) is 6.92 Å². The summed E-state index contributed by atoms with van der Waals surface area (Å²) < 4.78 is 5.31. The van der Waals surface area contributed by atoms with Gasteiger partial charge in [-0.3, -0.25) is 4.79 Å². The molecule has 6 heteroatoms. The van der Waals surface area contributed by atoms with Crippen LogP contribution in [0.1, 0.15) is 37.7 Å². The molecule has 1 saturated heterocycles. The van der Waals surface area contributed by atoms with Gasteiger partial charge in [0.25, 0.3) is 5.91 Å². The topological polar surface area (TPSA) is 67.5 Å². The van der Waals surface area contributed by atoms with Crippen molar-refractivity contribution in [2.45, 2.75) is 33.1 Å². The number of aromatic nitrogens is 1. The Morgan fingerprint density at radius 1 is 1.25 bits per heavy atom. The fraction of sp³-hybridized carbons (Fsp3) is 0.278. The summed E-state index contributed by atoms with van der Waals surface area (Å²) in [7, 11) is 0. The zero-order valence-electron chi connectivity index (χ0n) is 14.1. The minimum Gasteiger partial charge on any atom is -0.359 e. The van der Waals surface area contributed by atoms with Crippen molar-refractivity contribution >= 4 is 34.7 Å². The maximum Gasteiger partial charge on any atom is 0.264 e. The number of aliphatic imine (C=N–C) groups is 1. The highest BCUT2D eigenvalue weighted by Crippen LogP contribution is 2.30. The lowest BCUT2D eigenvalue weighted by molar-refractivity contribution is -0.115. The van der Waals surface area contributed by atoms with Gasteiger partial charge < -0.3 is 9.84 Å². The van der Waals surface area contributed by atoms with Crippen LogP contribution in [0.25, 0.3) is 6.08 Å². The van der Waals surface area contributed by atoms with E-state index in [1.54, 1.807) is 6.07 Å². The van der Waals surface area contributed by atoms with Crippen molar-refractivity contribution in [3.63, 3.8) is 0 Å². The molecule has 1 N–H and O–H groups in total. The van der Waals surface area contributed by atoms with Crippen LogP contribution in [0.5, 0.6) is 0 Å². The molecule has 2 aromatic rings. The Bertz CT molecular complexity index is 827. The van der Waals surface area contributed by atoms with Crippen molar-refractivity contribution in [2.75, 3.05) is 0 Å². The summed E-state index contributed by atoms with van der Waals surface area (Å²) in [5, 5.41) is 7.21. The second kappa shape index (κ2) is 6.28. The van der Waals surface area contributed by atoms with E-state index in [0.717, 1.165) is 11.3 Å². The second-order valence-electron chi connectivity index (χ2n) is 6.69. The molecule has 0 radical (unpaired) electrons. The van der Waals surface area contributed by atoms with Crippen molar-refractivity contribution in [2.24, 2.45) is 4.99 Å². The van der Waals surface area contributed by atoms with Gasteiger partial charge >= 0.3 is 0 Å². The number of amidine groups is 1. The molecule has 24 heavy (non-hydrogen) atoms. The molecule has 1 fully saturated rings. The van der Waals surface area contributed by atoms with Crippen molar-refractivity contribution in [1.82, 2.24) is 10.5 Å². The van der Waals surface area contributed by atoms with Gasteiger partial charge in [-0.1, -0.05) is 55.8 Å². The summed E-state index contributed by atoms with van der Waals surface area (Å²) in [5.74, 6) is 1.06. The first-order valence-corrected chi connectivity index (χ1v) is 8.46. The number of carbonyl (C=O) groups is 1. The zero-order valence-corrected chi connectivity index (χ0v) is 14.9. The lowest BCUT2D eigenvalue weighted by Crippen LogP contribution is -2.19. The van der Waals surface area contributed by atoms with E-state index in [2.05, 4.69) is 15.5 Å². The molecule has 1 aromatic carbocycles. The van der Waals surface area contributed by atoms with E-state index in [1.807, 2.05) is 58.0 Å². The zero-order chi connectivity index (χ0) is 17.3. The Hall–Kier alpha value is -2.34. The van der Waals surface area contributed by atoms with Crippen LogP contribution in [-0.4, -0.2) is 16.2 Å². The minimum absolute atomic E-state index is 0.131. The number of nitrogens with zero attached hydrogens (tertiary/aromatic N) is 2. The fourth-order valence-electron chi connectivity index (χ4n) is 2.07. The first kappa shape index (κ1) is 16.5. The Labute approximate surface area is 145 Å². The Morgan fingerprint density at radius 2 is 1.96 bits per heavy atom. The average Bonchev–Trinajstić information content (AvgIpc) is 3.09. The van der Waals surface area contributed by atoms with Crippen molar-refractivity contribution < 1.29 is 9.32 Å². The molecular formula is C18H19N3O2S. The number of nitrogens with one attached hydrogen (secondary N) is 1. The summed E-state index contributed by atoms with van der Waals surface area (Å²) in [5.41, 5.74) is 2.04. The molecule has 1 aliphatic rings. The smallest absolute Gasteiger partial charge is 0.264 e. The van der Waals surface area contributed by atoms with E-state index in [1.165, 1.54) is 17.3 Å². The Morgan fingerprint density at radius 3 is 2.58 bits per heavy atom. The third-order valence-electron chi connectivity index (χ3n) is 3.48. The number of carbonyl (C=O) groups excluding carboxylic acids is 1. The normalized spacial score (nSPS) is 18.4. The van der Waals surface area contributed by atoms with Crippen molar-refractivity contribution in [3.05, 3.63) is 52.1 Å². The van der Waals surface area contributed by atoms with Gasteiger partial charge in [0.2, 0.25) is 0 Å². The van der Waals surface area contributed by atoms with Gasteiger partial charge in [0, 0.05) is 11.5 Å². The third kappa shape index (κ3) is 3.76. The van der Waals surface area contributed by atoms with Gasteiger partial charge in [-0.05, 0) is 30.3 Å². The van der Waals surface area contributed by atoms with Crippen LogP contribution in [0.3, 0.4) is 0 Å². The maximum absolute atomic E-state index is 12.1. The molecule has 1 amide bonds. The molecule has 3 rings (SSSR count). The number of rotatable bonds is 2. The molecule has 0 saturated carbocycles. The standard InChI is InChI=1S/C18H19N3O2S/c1-11-5-7-12(8-6-11)9-13-16(22)20-17(24-13)19-15-10-14(23-21-15)18(2,3)4/h5-10H,1-4H3,(H,19,20,21,22)/b13-9+. The van der Waals surface area contributed by atoms with Crippen LogP contribution in [0.4, 0.5) is 5.82 Å². The van der Waals surface area contributed by atoms with Crippen LogP contribution >= 0.6 is 11.8 Å². The van der Waals surface area contributed by atoms with Gasteiger partial charge in [-0.25, -0.2) is 4.99 Å². The average molecular weight is 341 g/mol. The molecule has 0 atom stereocenters. The quantitative estimate of drug-likeness (QED) is 0.832. The number of hydrogen-bond acceptors (Lipinski definition) is 5. The predicted octanol–water partition coefficient (Wildman–Crippen LogP) is 4.17. The predicted molar refractivity (Wildman–Crippen MR) is 97.2 cm³/mol. The lowest BCUT2D eigenvalue weighted by atomic mass is 9.93. The van der Waals surface area contributed by atoms with Crippen LogP contribution in [0.15, 0.2) is 44.8 Å². The molecule has 5 nitrogen and oxygen atoms in total. The van der Waals surface area contributed by atoms with Crippen LogP contribution in [0.2, 0.25) is 0 Å². The number of hydrogen-bond donors (Lipinski definition) is 1. The van der Waals surface area contributed by atoms with Gasteiger partial charge in [0.1, 0.15) is 5.76 Å². The number of thioether (sulfide) groups is 1. The van der Waals surface area contributed by atoms with Crippen molar-refractivity contribution in [3.8, 4) is 0 Å². The second-order valence-corrected chi connectivity index (χ2v) is 7.72. The van der Waals surface area contributed by atoms with Crippen molar-refractivity contribution in [1.29, 1.82) is 0 Å². The summed E-state index contributed by atoms with van der Waals surface area (Å²) in [6.07, 6.45) is 1.85. The van der Waals surface area contributed by atoms with Gasteiger partial charge in [-0.15, -0.1) is 0 Å². The highest BCUT2D eigenvalue weighted by molar-refractivity contribution is 8.18. The largest absolute Gasteiger partial charge is 0.359 e. The van der Waals surface area contributed by atoms with E-state index in [0.29, 0.717) is 15.9 Å². The van der Waals surface area contributed by atoms with E-state index in [4.69, 9.17) is 4.52 Å². The third-order valence-corrected chi connectivity index (χ3v) is 4.39.